The number of benzene rings is 3. The van der Waals surface area contributed by atoms with Gasteiger partial charge in [0.05, 0.1) is 17.1 Å². The molecule has 0 bridgehead atoms. The molecule has 0 fully saturated rings. The Morgan fingerprint density at radius 3 is 1.41 bits per heavy atom. The predicted molar refractivity (Wildman–Crippen MR) is 314 cm³/mol. The first-order valence-electron chi connectivity index (χ1n) is 29.5. The molecule has 0 saturated carbocycles. The zero-order chi connectivity index (χ0) is 53.0. The molecule has 0 aromatic heterocycles. The van der Waals surface area contributed by atoms with Gasteiger partial charge in [-0.3, -0.25) is 24.1 Å². The van der Waals surface area contributed by atoms with Crippen molar-refractivity contribution in [2.45, 2.75) is 214 Å². The number of hydrogen-bond donors (Lipinski definition) is 3. The average Bonchev–Trinajstić information content (AvgIpc) is 3.41. The van der Waals surface area contributed by atoms with Crippen LogP contribution in [0.4, 0.5) is 27.5 Å². The molecule has 0 radical (unpaired) electrons. The van der Waals surface area contributed by atoms with Crippen molar-refractivity contribution in [3.05, 3.63) is 72.3 Å². The summed E-state index contributed by atoms with van der Waals surface area (Å²) in [7, 11) is 0. The van der Waals surface area contributed by atoms with Gasteiger partial charge < -0.3 is 30.5 Å². The summed E-state index contributed by atoms with van der Waals surface area (Å²) in [6, 6.07) is 21.4. The molecule has 1 heterocycles. The van der Waals surface area contributed by atoms with E-state index < -0.39 is 6.04 Å². The summed E-state index contributed by atoms with van der Waals surface area (Å²) >= 11 is 1.02. The van der Waals surface area contributed by atoms with Crippen LogP contribution in [0, 0.1) is 0 Å². The summed E-state index contributed by atoms with van der Waals surface area (Å²) in [6.07, 6.45) is 31.4. The van der Waals surface area contributed by atoms with E-state index in [1.807, 2.05) is 66.7 Å². The molecule has 4 rings (SSSR count). The summed E-state index contributed by atoms with van der Waals surface area (Å²) < 4.78 is 6.48. The van der Waals surface area contributed by atoms with Gasteiger partial charge in [0.2, 0.25) is 17.7 Å². The van der Waals surface area contributed by atoms with Gasteiger partial charge in [-0.1, -0.05) is 190 Å². The Morgan fingerprint density at radius 1 is 0.514 bits per heavy atom. The maximum absolute atomic E-state index is 13.9. The standard InChI is InChI=1S/C62H98N6O5S/c1-6-11-12-13-14-15-16-17-18-19-20-23-26-29-35-40-59(69)65-54(47-51-38-33-32-34-39-51)61(71)64-46-37-31-28-25-22-21-24-27-30-36-45-63-60(70)50-74-62(72)68-55-43-41-52(66(7-2)8-3)48-57(55)73-58-49-53(42-44-56(58)68)67(9-4)10-5/h32-34,38-39,41-44,48-49,54H,6-31,35-37,40,45-47,50H2,1-5H3,(H,63,70)(H,64,71)(H,65,69)/t54-/m1/s1. The van der Waals surface area contributed by atoms with Gasteiger partial charge in [0, 0.05) is 75.6 Å². The fourth-order valence-corrected chi connectivity index (χ4v) is 10.7. The number of fused-ring (bicyclic) bond motifs is 2. The van der Waals surface area contributed by atoms with E-state index in [1.165, 1.54) is 109 Å². The quantitative estimate of drug-likeness (QED) is 0.0480. The van der Waals surface area contributed by atoms with Crippen LogP contribution in [-0.4, -0.2) is 74.0 Å². The van der Waals surface area contributed by atoms with Gasteiger partial charge in [-0.25, -0.2) is 0 Å². The highest BCUT2D eigenvalue weighted by Gasteiger charge is 2.31. The van der Waals surface area contributed by atoms with E-state index in [0.717, 1.165) is 106 Å². The predicted octanol–water partition coefficient (Wildman–Crippen LogP) is 15.6. The van der Waals surface area contributed by atoms with Crippen molar-refractivity contribution in [2.24, 2.45) is 0 Å². The highest BCUT2D eigenvalue weighted by atomic mass is 32.2. The van der Waals surface area contributed by atoms with Gasteiger partial charge in [-0.2, -0.15) is 0 Å². The van der Waals surface area contributed by atoms with Crippen LogP contribution in [0.15, 0.2) is 66.7 Å². The minimum absolute atomic E-state index is 0.0278. The van der Waals surface area contributed by atoms with Crippen LogP contribution in [0.3, 0.4) is 0 Å². The summed E-state index contributed by atoms with van der Waals surface area (Å²) in [4.78, 5) is 59.3. The zero-order valence-corrected chi connectivity index (χ0v) is 47.6. The normalized spacial score (nSPS) is 12.1. The molecule has 11 nitrogen and oxygen atoms in total. The van der Waals surface area contributed by atoms with Crippen molar-refractivity contribution in [1.82, 2.24) is 16.0 Å². The summed E-state index contributed by atoms with van der Waals surface area (Å²) in [6.45, 7) is 15.4. The first-order chi connectivity index (χ1) is 36.2. The van der Waals surface area contributed by atoms with Crippen molar-refractivity contribution < 1.29 is 23.9 Å². The molecule has 3 N–H and O–H groups in total. The number of carbonyl (C=O) groups is 4. The Balaban J connectivity index is 1.03. The SMILES string of the molecule is CCCCCCCCCCCCCCCCCC(=O)N[C@H](Cc1ccccc1)C(=O)NCCCCCCCCCCCCNC(=O)CSC(=O)N1c2ccc(N(CC)CC)cc2Oc2cc(N(CC)CC)ccc21. The van der Waals surface area contributed by atoms with Crippen molar-refractivity contribution in [3.63, 3.8) is 0 Å². The fraction of sp³-hybridized carbons (Fsp3) is 0.645. The van der Waals surface area contributed by atoms with Gasteiger partial charge in [0.25, 0.3) is 5.24 Å². The van der Waals surface area contributed by atoms with Crippen LogP contribution in [0.2, 0.25) is 0 Å². The largest absolute Gasteiger partial charge is 0.453 e. The molecular formula is C62H98N6O5S. The molecule has 1 atom stereocenters. The van der Waals surface area contributed by atoms with Gasteiger partial charge in [-0.05, 0) is 76.8 Å². The van der Waals surface area contributed by atoms with Gasteiger partial charge in [-0.15, -0.1) is 0 Å². The number of amides is 4. The molecule has 0 saturated heterocycles. The molecule has 3 aromatic rings. The molecule has 74 heavy (non-hydrogen) atoms. The molecular weight excluding hydrogens is 941 g/mol. The highest BCUT2D eigenvalue weighted by Crippen LogP contribution is 2.50. The van der Waals surface area contributed by atoms with Crippen LogP contribution in [0.5, 0.6) is 11.5 Å². The van der Waals surface area contributed by atoms with E-state index in [-0.39, 0.29) is 28.7 Å². The van der Waals surface area contributed by atoms with Crippen molar-refractivity contribution in [1.29, 1.82) is 0 Å². The van der Waals surface area contributed by atoms with Crippen molar-refractivity contribution in [2.75, 3.05) is 59.7 Å². The van der Waals surface area contributed by atoms with Crippen LogP contribution >= 0.6 is 11.8 Å². The summed E-state index contributed by atoms with van der Waals surface area (Å²) in [5, 5.41) is 8.99. The maximum atomic E-state index is 13.9. The lowest BCUT2D eigenvalue weighted by atomic mass is 10.0. The van der Waals surface area contributed by atoms with Crippen LogP contribution < -0.4 is 35.4 Å². The van der Waals surface area contributed by atoms with E-state index >= 15 is 0 Å². The number of unbranched alkanes of at least 4 members (excludes halogenated alkanes) is 23. The molecule has 0 aliphatic carbocycles. The van der Waals surface area contributed by atoms with E-state index in [9.17, 15) is 19.2 Å². The molecule has 4 amide bonds. The number of anilines is 4. The monoisotopic (exact) mass is 1040 g/mol. The topological polar surface area (TPSA) is 123 Å². The first kappa shape index (κ1) is 61.8. The Bertz CT molecular complexity index is 1970. The second-order valence-corrected chi connectivity index (χ2v) is 21.3. The Labute approximate surface area is 452 Å². The van der Waals surface area contributed by atoms with E-state index in [1.54, 1.807) is 4.90 Å². The van der Waals surface area contributed by atoms with Gasteiger partial charge >= 0.3 is 0 Å². The number of nitrogens with one attached hydrogen (secondary N) is 3. The lowest BCUT2D eigenvalue weighted by Crippen LogP contribution is -2.48. The number of thioether (sulfide) groups is 1. The molecule has 412 valence electrons. The third kappa shape index (κ3) is 23.5. The van der Waals surface area contributed by atoms with E-state index in [0.29, 0.717) is 48.8 Å². The second kappa shape index (κ2) is 37.9. The minimum Gasteiger partial charge on any atom is -0.453 e. The molecule has 1 aliphatic rings. The number of rotatable bonds is 41. The molecule has 0 unspecified atom stereocenters. The maximum Gasteiger partial charge on any atom is 0.291 e. The van der Waals surface area contributed by atoms with E-state index in [2.05, 4.69) is 60.4 Å². The number of ether oxygens (including phenoxy) is 1. The van der Waals surface area contributed by atoms with Crippen LogP contribution in [-0.2, 0) is 20.8 Å². The molecule has 12 heteroatoms. The smallest absolute Gasteiger partial charge is 0.291 e. The van der Waals surface area contributed by atoms with Crippen LogP contribution in [0.1, 0.15) is 207 Å². The van der Waals surface area contributed by atoms with Gasteiger partial charge in [0.15, 0.2) is 11.5 Å². The van der Waals surface area contributed by atoms with Crippen LogP contribution in [0.25, 0.3) is 0 Å². The molecule has 0 spiro atoms. The second-order valence-electron chi connectivity index (χ2n) is 20.3. The minimum atomic E-state index is -0.564. The highest BCUT2D eigenvalue weighted by molar-refractivity contribution is 8.14. The third-order valence-corrected chi connectivity index (χ3v) is 15.4. The Kier molecular flexibility index (Phi) is 31.7. The average molecular weight is 1040 g/mol. The Hall–Kier alpha value is -4.71. The summed E-state index contributed by atoms with van der Waals surface area (Å²) in [5.74, 6) is 1.05. The van der Waals surface area contributed by atoms with Crippen molar-refractivity contribution >= 4 is 57.5 Å². The molecule has 1 aliphatic heterocycles. The summed E-state index contributed by atoms with van der Waals surface area (Å²) in [5.41, 5.74) is 4.47. The number of hydrogen-bond acceptors (Lipinski definition) is 8. The first-order valence-corrected chi connectivity index (χ1v) is 30.5. The van der Waals surface area contributed by atoms with E-state index in [4.69, 9.17) is 4.74 Å². The lowest BCUT2D eigenvalue weighted by Gasteiger charge is -2.33. The zero-order valence-electron chi connectivity index (χ0n) is 46.8. The molecule has 3 aromatic carbocycles. The number of carbonyl (C=O) groups excluding carboxylic acids is 4. The third-order valence-electron chi connectivity index (χ3n) is 14.5. The lowest BCUT2D eigenvalue weighted by molar-refractivity contribution is -0.129. The van der Waals surface area contributed by atoms with Gasteiger partial charge in [0.1, 0.15) is 6.04 Å². The number of nitrogens with zero attached hydrogens (tertiary/aromatic N) is 3. The Morgan fingerprint density at radius 2 is 0.946 bits per heavy atom. The van der Waals surface area contributed by atoms with Crippen molar-refractivity contribution in [3.8, 4) is 11.5 Å². The fourth-order valence-electron chi connectivity index (χ4n) is 10.0.